The first-order valence-electron chi connectivity index (χ1n) is 9.92. The van der Waals surface area contributed by atoms with Crippen LogP contribution in [0.25, 0.3) is 28.2 Å². The Morgan fingerprint density at radius 2 is 1.19 bits per heavy atom. The predicted molar refractivity (Wildman–Crippen MR) is 122 cm³/mol. The highest BCUT2D eigenvalue weighted by Gasteiger charge is 2.18. The first-order chi connectivity index (χ1) is 15.2. The Balaban J connectivity index is 1.91. The van der Waals surface area contributed by atoms with Gasteiger partial charge < -0.3 is 0 Å². The molecule has 0 N–H and O–H groups in total. The molecule has 4 aromatic rings. The van der Waals surface area contributed by atoms with E-state index in [1.54, 1.807) is 24.3 Å². The minimum Gasteiger partial charge on any atom is -0.258 e. The third-order valence-corrected chi connectivity index (χ3v) is 5.30. The van der Waals surface area contributed by atoms with Gasteiger partial charge in [0.05, 0.1) is 26.9 Å². The topological polar surface area (TPSA) is 104 Å². The van der Waals surface area contributed by atoms with Crippen LogP contribution in [0.15, 0.2) is 66.7 Å². The Labute approximate surface area is 184 Å². The van der Waals surface area contributed by atoms with Crippen LogP contribution in [0.1, 0.15) is 16.7 Å². The fourth-order valence-electron chi connectivity index (χ4n) is 3.91. The Morgan fingerprint density at radius 1 is 0.719 bits per heavy atom. The van der Waals surface area contributed by atoms with Crippen molar-refractivity contribution in [3.05, 3.63) is 104 Å². The Bertz CT molecular complexity index is 1320. The molecule has 0 atom stereocenters. The Hall–Kier alpha value is -4.33. The van der Waals surface area contributed by atoms with Crippen LogP contribution < -0.4 is 0 Å². The van der Waals surface area contributed by atoms with E-state index in [1.807, 2.05) is 31.5 Å². The molecule has 160 valence electrons. The maximum absolute atomic E-state index is 11.1. The van der Waals surface area contributed by atoms with Crippen molar-refractivity contribution in [3.63, 3.8) is 0 Å². The Kier molecular flexibility index (Phi) is 5.28. The van der Waals surface area contributed by atoms with Crippen LogP contribution in [-0.4, -0.2) is 19.6 Å². The summed E-state index contributed by atoms with van der Waals surface area (Å²) in [7, 11) is 0. The molecule has 32 heavy (non-hydrogen) atoms. The molecule has 0 bridgehead atoms. The third kappa shape index (κ3) is 3.85. The van der Waals surface area contributed by atoms with Gasteiger partial charge in [-0.15, -0.1) is 0 Å². The van der Waals surface area contributed by atoms with Gasteiger partial charge in [-0.25, -0.2) is 4.68 Å². The summed E-state index contributed by atoms with van der Waals surface area (Å²) >= 11 is 0. The van der Waals surface area contributed by atoms with Crippen LogP contribution in [0.4, 0.5) is 11.4 Å². The number of hydrogen-bond acceptors (Lipinski definition) is 5. The van der Waals surface area contributed by atoms with E-state index in [0.717, 1.165) is 39.2 Å². The van der Waals surface area contributed by atoms with E-state index in [9.17, 15) is 20.2 Å². The van der Waals surface area contributed by atoms with E-state index < -0.39 is 9.85 Å². The van der Waals surface area contributed by atoms with Crippen molar-refractivity contribution in [2.45, 2.75) is 20.8 Å². The zero-order chi connectivity index (χ0) is 23.0. The predicted octanol–water partition coefficient (Wildman–Crippen LogP) is 5.95. The standard InChI is InChI=1S/C24H20N4O4/c1-15-12-16(2)24(17(3)13-15)26-23(19-6-10-21(11-7-19)28(31)32)14-22(25-26)18-4-8-20(9-5-18)27(29)30/h4-14H,1-3H3. The molecular weight excluding hydrogens is 408 g/mol. The van der Waals surface area contributed by atoms with Crippen molar-refractivity contribution in [2.75, 3.05) is 0 Å². The molecule has 1 heterocycles. The molecule has 0 amide bonds. The zero-order valence-electron chi connectivity index (χ0n) is 17.8. The van der Waals surface area contributed by atoms with Crippen LogP contribution in [0, 0.1) is 41.0 Å². The molecule has 0 aliphatic rings. The summed E-state index contributed by atoms with van der Waals surface area (Å²) in [5.74, 6) is 0. The van der Waals surface area contributed by atoms with Gasteiger partial charge in [-0.3, -0.25) is 20.2 Å². The summed E-state index contributed by atoms with van der Waals surface area (Å²) < 4.78 is 1.84. The van der Waals surface area contributed by atoms with Crippen LogP contribution in [0.3, 0.4) is 0 Å². The van der Waals surface area contributed by atoms with Gasteiger partial charge in [0.1, 0.15) is 0 Å². The fourth-order valence-corrected chi connectivity index (χ4v) is 3.91. The van der Waals surface area contributed by atoms with Crippen molar-refractivity contribution in [2.24, 2.45) is 0 Å². The minimum atomic E-state index is -0.441. The van der Waals surface area contributed by atoms with Crippen molar-refractivity contribution in [1.29, 1.82) is 0 Å². The molecular formula is C24H20N4O4. The maximum Gasteiger partial charge on any atom is 0.269 e. The second kappa shape index (κ2) is 8.07. The first-order valence-corrected chi connectivity index (χ1v) is 9.92. The molecule has 4 rings (SSSR count). The van der Waals surface area contributed by atoms with E-state index in [2.05, 4.69) is 12.1 Å². The van der Waals surface area contributed by atoms with Gasteiger partial charge in [0.15, 0.2) is 0 Å². The number of hydrogen-bond donors (Lipinski definition) is 0. The van der Waals surface area contributed by atoms with E-state index in [0.29, 0.717) is 5.69 Å². The van der Waals surface area contributed by atoms with E-state index in [4.69, 9.17) is 5.10 Å². The molecule has 0 radical (unpaired) electrons. The number of non-ortho nitro benzene ring substituents is 2. The number of nitro benzene ring substituents is 2. The van der Waals surface area contributed by atoms with Gasteiger partial charge in [-0.1, -0.05) is 17.7 Å². The fraction of sp³-hybridized carbons (Fsp3) is 0.125. The van der Waals surface area contributed by atoms with Gasteiger partial charge in [-0.2, -0.15) is 5.10 Å². The smallest absolute Gasteiger partial charge is 0.258 e. The van der Waals surface area contributed by atoms with Crippen molar-refractivity contribution >= 4 is 11.4 Å². The molecule has 8 heteroatoms. The molecule has 0 saturated carbocycles. The lowest BCUT2D eigenvalue weighted by Crippen LogP contribution is -2.05. The zero-order valence-corrected chi connectivity index (χ0v) is 17.8. The molecule has 0 saturated heterocycles. The monoisotopic (exact) mass is 428 g/mol. The van der Waals surface area contributed by atoms with Gasteiger partial charge in [0.2, 0.25) is 0 Å². The molecule has 3 aromatic carbocycles. The van der Waals surface area contributed by atoms with Gasteiger partial charge in [-0.05, 0) is 62.2 Å². The quantitative estimate of drug-likeness (QED) is 0.289. The molecule has 8 nitrogen and oxygen atoms in total. The number of nitro groups is 2. The van der Waals surface area contributed by atoms with Crippen LogP contribution in [0.2, 0.25) is 0 Å². The lowest BCUT2D eigenvalue weighted by molar-refractivity contribution is -0.385. The molecule has 0 aliphatic heterocycles. The second-order valence-electron chi connectivity index (χ2n) is 7.68. The highest BCUT2D eigenvalue weighted by atomic mass is 16.6. The van der Waals surface area contributed by atoms with E-state index >= 15 is 0 Å². The normalized spacial score (nSPS) is 10.8. The van der Waals surface area contributed by atoms with Gasteiger partial charge in [0, 0.05) is 35.4 Å². The highest BCUT2D eigenvalue weighted by molar-refractivity contribution is 5.72. The van der Waals surface area contributed by atoms with Crippen LogP contribution in [0.5, 0.6) is 0 Å². The highest BCUT2D eigenvalue weighted by Crippen LogP contribution is 2.33. The number of rotatable bonds is 5. The Morgan fingerprint density at radius 3 is 1.66 bits per heavy atom. The summed E-state index contributed by atoms with van der Waals surface area (Å²) in [5.41, 5.74) is 7.10. The SMILES string of the molecule is Cc1cc(C)c(-n2nc(-c3ccc([N+](=O)[O-])cc3)cc2-c2ccc([N+](=O)[O-])cc2)c(C)c1. The number of aromatic nitrogens is 2. The van der Waals surface area contributed by atoms with Crippen LogP contribution in [-0.2, 0) is 0 Å². The van der Waals surface area contributed by atoms with Crippen molar-refractivity contribution in [3.8, 4) is 28.2 Å². The average molecular weight is 428 g/mol. The van der Waals surface area contributed by atoms with Gasteiger partial charge >= 0.3 is 0 Å². The summed E-state index contributed by atoms with van der Waals surface area (Å²) in [6.07, 6.45) is 0. The largest absolute Gasteiger partial charge is 0.269 e. The second-order valence-corrected chi connectivity index (χ2v) is 7.68. The lowest BCUT2D eigenvalue weighted by atomic mass is 10.0. The number of nitrogens with zero attached hydrogens (tertiary/aromatic N) is 4. The van der Waals surface area contributed by atoms with Crippen LogP contribution >= 0.6 is 0 Å². The first kappa shape index (κ1) is 20.9. The lowest BCUT2D eigenvalue weighted by Gasteiger charge is -2.14. The minimum absolute atomic E-state index is 0.00833. The number of aryl methyl sites for hydroxylation is 3. The molecule has 0 fully saturated rings. The van der Waals surface area contributed by atoms with Gasteiger partial charge in [0.25, 0.3) is 11.4 Å². The molecule has 0 unspecified atom stereocenters. The van der Waals surface area contributed by atoms with E-state index in [-0.39, 0.29) is 11.4 Å². The third-order valence-electron chi connectivity index (χ3n) is 5.30. The van der Waals surface area contributed by atoms with E-state index in [1.165, 1.54) is 24.3 Å². The molecule has 0 spiro atoms. The summed E-state index contributed by atoms with van der Waals surface area (Å²) in [5, 5.41) is 26.9. The number of benzene rings is 3. The van der Waals surface area contributed by atoms with Crippen molar-refractivity contribution < 1.29 is 9.85 Å². The average Bonchev–Trinajstić information content (AvgIpc) is 3.18. The van der Waals surface area contributed by atoms with Crippen molar-refractivity contribution in [1.82, 2.24) is 9.78 Å². The summed E-state index contributed by atoms with van der Waals surface area (Å²) in [4.78, 5) is 21.2. The maximum atomic E-state index is 11.1. The summed E-state index contributed by atoms with van der Waals surface area (Å²) in [6, 6.07) is 18.6. The molecule has 1 aromatic heterocycles. The molecule has 0 aliphatic carbocycles. The summed E-state index contributed by atoms with van der Waals surface area (Å²) in [6.45, 7) is 6.07.